The van der Waals surface area contributed by atoms with Crippen LogP contribution in [-0.2, 0) is 10.7 Å². The summed E-state index contributed by atoms with van der Waals surface area (Å²) in [4.78, 5) is 10.9. The van der Waals surface area contributed by atoms with Gasteiger partial charge in [-0.2, -0.15) is 22.0 Å². The van der Waals surface area contributed by atoms with Crippen LogP contribution < -0.4 is 5.32 Å². The Balaban J connectivity index is 2.71. The summed E-state index contributed by atoms with van der Waals surface area (Å²) in [7, 11) is 0. The van der Waals surface area contributed by atoms with Crippen molar-refractivity contribution in [2.75, 3.05) is 5.32 Å². The number of aliphatic hydroxyl groups excluding tert-OH is 1. The first-order valence-electron chi connectivity index (χ1n) is 4.83. The zero-order valence-electron chi connectivity index (χ0n) is 8.86. The van der Waals surface area contributed by atoms with E-state index in [1.54, 1.807) is 5.32 Å². The van der Waals surface area contributed by atoms with Gasteiger partial charge in [-0.05, 0) is 12.1 Å². The van der Waals surface area contributed by atoms with Crippen molar-refractivity contribution >= 4 is 11.6 Å². The van der Waals surface area contributed by atoms with E-state index < -0.39 is 46.7 Å². The van der Waals surface area contributed by atoms with Crippen LogP contribution in [0, 0.1) is 5.82 Å². The predicted octanol–water partition coefficient (Wildman–Crippen LogP) is 2.47. The minimum absolute atomic E-state index is 0.463. The number of halogens is 6. The van der Waals surface area contributed by atoms with Gasteiger partial charge in [0.2, 0.25) is 0 Å². The number of carbonyl (C=O) groups is 1. The average molecular weight is 285 g/mol. The van der Waals surface area contributed by atoms with Gasteiger partial charge in [0.1, 0.15) is 5.82 Å². The fourth-order valence-electron chi connectivity index (χ4n) is 1.78. The van der Waals surface area contributed by atoms with E-state index in [1.165, 1.54) is 0 Å². The summed E-state index contributed by atoms with van der Waals surface area (Å²) in [5.74, 6) is -7.87. The Bertz CT molecular complexity index is 554. The monoisotopic (exact) mass is 285 g/mol. The van der Waals surface area contributed by atoms with Crippen molar-refractivity contribution in [3.8, 4) is 0 Å². The molecule has 1 aromatic carbocycles. The molecule has 0 radical (unpaired) electrons. The van der Waals surface area contributed by atoms with E-state index in [2.05, 4.69) is 0 Å². The molecule has 1 unspecified atom stereocenters. The van der Waals surface area contributed by atoms with Crippen LogP contribution in [0.15, 0.2) is 12.1 Å². The molecule has 9 heteroatoms. The van der Waals surface area contributed by atoms with Crippen molar-refractivity contribution in [2.24, 2.45) is 0 Å². The molecule has 0 aliphatic carbocycles. The number of amides is 1. The zero-order chi connectivity index (χ0) is 14.6. The molecule has 1 atom stereocenters. The van der Waals surface area contributed by atoms with Gasteiger partial charge in [-0.1, -0.05) is 0 Å². The highest BCUT2D eigenvalue weighted by molar-refractivity contribution is 6.04. The summed E-state index contributed by atoms with van der Waals surface area (Å²) in [5, 5.41) is 10.6. The summed E-state index contributed by atoms with van der Waals surface area (Å²) in [6.07, 6.45) is -8.78. The topological polar surface area (TPSA) is 49.3 Å². The molecule has 19 heavy (non-hydrogen) atoms. The first kappa shape index (κ1) is 13.7. The maximum absolute atomic E-state index is 13.5. The summed E-state index contributed by atoms with van der Waals surface area (Å²) in [6, 6.07) is 1.17. The first-order valence-corrected chi connectivity index (χ1v) is 4.83. The Morgan fingerprint density at radius 3 is 2.37 bits per heavy atom. The highest BCUT2D eigenvalue weighted by atomic mass is 19.4. The zero-order valence-corrected chi connectivity index (χ0v) is 8.86. The van der Waals surface area contributed by atoms with Crippen LogP contribution in [0.5, 0.6) is 0 Å². The second kappa shape index (κ2) is 3.86. The number of fused-ring (bicyclic) bond motifs is 1. The highest BCUT2D eigenvalue weighted by Crippen LogP contribution is 2.47. The Hall–Kier alpha value is -1.77. The summed E-state index contributed by atoms with van der Waals surface area (Å²) < 4.78 is 77.4. The van der Waals surface area contributed by atoms with E-state index in [0.29, 0.717) is 12.1 Å². The normalized spacial score (nSPS) is 19.0. The van der Waals surface area contributed by atoms with Crippen LogP contribution in [-0.4, -0.2) is 17.2 Å². The standard InChI is InChI=1S/C10H5F6NO2/c11-3-1-2-4-6(9(12,13)8(19)17-4)5(3)7(18)10(14,15)16/h1-2,7,18H,(H,17,19). The molecule has 0 saturated heterocycles. The Morgan fingerprint density at radius 2 is 1.84 bits per heavy atom. The third-order valence-electron chi connectivity index (χ3n) is 2.62. The van der Waals surface area contributed by atoms with Crippen molar-refractivity contribution in [1.82, 2.24) is 0 Å². The van der Waals surface area contributed by atoms with E-state index in [-0.39, 0.29) is 0 Å². The molecule has 0 bridgehead atoms. The van der Waals surface area contributed by atoms with Crippen LogP contribution in [0.1, 0.15) is 17.2 Å². The third-order valence-corrected chi connectivity index (χ3v) is 2.62. The van der Waals surface area contributed by atoms with E-state index in [0.717, 1.165) is 0 Å². The lowest BCUT2D eigenvalue weighted by Gasteiger charge is -2.20. The molecule has 1 aliphatic heterocycles. The van der Waals surface area contributed by atoms with Gasteiger partial charge in [-0.3, -0.25) is 4.79 Å². The molecule has 3 nitrogen and oxygen atoms in total. The number of alkyl halides is 5. The molecule has 0 saturated carbocycles. The number of hydrogen-bond acceptors (Lipinski definition) is 2. The fourth-order valence-corrected chi connectivity index (χ4v) is 1.78. The molecule has 0 spiro atoms. The van der Waals surface area contributed by atoms with Crippen molar-refractivity contribution in [3.05, 3.63) is 29.1 Å². The number of nitrogens with one attached hydrogen (secondary N) is 1. The summed E-state index contributed by atoms with van der Waals surface area (Å²) >= 11 is 0. The Labute approximate surface area is 101 Å². The number of anilines is 1. The summed E-state index contributed by atoms with van der Waals surface area (Å²) in [5.41, 5.74) is -3.79. The summed E-state index contributed by atoms with van der Waals surface area (Å²) in [6.45, 7) is 0. The van der Waals surface area contributed by atoms with Gasteiger partial charge in [0.15, 0.2) is 6.10 Å². The lowest BCUT2D eigenvalue weighted by Crippen LogP contribution is -2.28. The maximum atomic E-state index is 13.5. The lowest BCUT2D eigenvalue weighted by molar-refractivity contribution is -0.208. The Kier molecular flexibility index (Phi) is 2.77. The van der Waals surface area contributed by atoms with Crippen LogP contribution in [0.2, 0.25) is 0 Å². The Morgan fingerprint density at radius 1 is 1.26 bits per heavy atom. The molecule has 104 valence electrons. The molecule has 1 heterocycles. The molecule has 2 rings (SSSR count). The minimum Gasteiger partial charge on any atom is -0.379 e. The number of carbonyl (C=O) groups excluding carboxylic acids is 1. The van der Waals surface area contributed by atoms with Gasteiger partial charge in [-0.15, -0.1) is 0 Å². The fraction of sp³-hybridized carbons (Fsp3) is 0.300. The van der Waals surface area contributed by atoms with E-state index >= 15 is 0 Å². The SMILES string of the molecule is O=C1Nc2ccc(F)c(C(O)C(F)(F)F)c2C1(F)F. The number of aliphatic hydroxyl groups is 1. The van der Waals surface area contributed by atoms with Gasteiger partial charge in [0.05, 0.1) is 11.3 Å². The quantitative estimate of drug-likeness (QED) is 0.779. The lowest BCUT2D eigenvalue weighted by atomic mass is 9.97. The van der Waals surface area contributed by atoms with Crippen LogP contribution in [0.3, 0.4) is 0 Å². The van der Waals surface area contributed by atoms with E-state index in [1.807, 2.05) is 0 Å². The van der Waals surface area contributed by atoms with Crippen molar-refractivity contribution in [3.63, 3.8) is 0 Å². The van der Waals surface area contributed by atoms with Gasteiger partial charge in [-0.25, -0.2) is 4.39 Å². The van der Waals surface area contributed by atoms with Crippen LogP contribution in [0.25, 0.3) is 0 Å². The first-order chi connectivity index (χ1) is 8.56. The van der Waals surface area contributed by atoms with Crippen molar-refractivity contribution < 1.29 is 36.2 Å². The number of rotatable bonds is 1. The van der Waals surface area contributed by atoms with Gasteiger partial charge >= 0.3 is 12.1 Å². The van der Waals surface area contributed by atoms with Crippen molar-refractivity contribution in [2.45, 2.75) is 18.2 Å². The number of benzene rings is 1. The maximum Gasteiger partial charge on any atom is 0.418 e. The highest BCUT2D eigenvalue weighted by Gasteiger charge is 2.54. The molecule has 0 fully saturated rings. The molecule has 1 aromatic rings. The third kappa shape index (κ3) is 1.93. The van der Waals surface area contributed by atoms with Crippen LogP contribution >= 0.6 is 0 Å². The van der Waals surface area contributed by atoms with Gasteiger partial charge in [0, 0.05) is 5.56 Å². The number of hydrogen-bond donors (Lipinski definition) is 2. The van der Waals surface area contributed by atoms with E-state index in [9.17, 15) is 31.1 Å². The van der Waals surface area contributed by atoms with Gasteiger partial charge in [0.25, 0.3) is 5.91 Å². The predicted molar refractivity (Wildman–Crippen MR) is 49.9 cm³/mol. The van der Waals surface area contributed by atoms with E-state index in [4.69, 9.17) is 5.11 Å². The smallest absolute Gasteiger partial charge is 0.379 e. The molecule has 2 N–H and O–H groups in total. The second-order valence-electron chi connectivity index (χ2n) is 3.86. The molecule has 0 aromatic heterocycles. The molecule has 1 amide bonds. The molecule has 1 aliphatic rings. The largest absolute Gasteiger partial charge is 0.418 e. The average Bonchev–Trinajstić information content (AvgIpc) is 2.49. The second-order valence-corrected chi connectivity index (χ2v) is 3.86. The molecular formula is C10H5F6NO2. The molecular weight excluding hydrogens is 280 g/mol. The van der Waals surface area contributed by atoms with Gasteiger partial charge < -0.3 is 10.4 Å². The van der Waals surface area contributed by atoms with Crippen LogP contribution in [0.4, 0.5) is 32.0 Å². The van der Waals surface area contributed by atoms with Crippen molar-refractivity contribution in [1.29, 1.82) is 0 Å². The minimum atomic E-state index is -5.34.